The van der Waals surface area contributed by atoms with Gasteiger partial charge in [-0.1, -0.05) is 0 Å². The van der Waals surface area contributed by atoms with Gasteiger partial charge < -0.3 is 5.73 Å². The molecule has 1 fully saturated rings. The predicted octanol–water partition coefficient (Wildman–Crippen LogP) is 1.22. The first-order valence-corrected chi connectivity index (χ1v) is 6.84. The van der Waals surface area contributed by atoms with Gasteiger partial charge in [0.1, 0.15) is 9.92 Å². The van der Waals surface area contributed by atoms with Gasteiger partial charge in [0, 0.05) is 12.1 Å². The second kappa shape index (κ2) is 4.59. The highest BCUT2D eigenvalue weighted by atomic mass is 32.2. The van der Waals surface area contributed by atoms with E-state index >= 15 is 0 Å². The normalized spacial score (nSPS) is 32.9. The second-order valence-electron chi connectivity index (χ2n) is 4.38. The van der Waals surface area contributed by atoms with Crippen molar-refractivity contribution >= 4 is 9.92 Å². The number of hydrogen-bond donors (Lipinski definition) is 3. The SMILES string of the molecule is CC(C)S(=N)(=O)NC1CCC(N)CC1. The summed E-state index contributed by atoms with van der Waals surface area (Å²) in [4.78, 5) is 0. The fourth-order valence-corrected chi connectivity index (χ4v) is 2.62. The largest absolute Gasteiger partial charge is 0.328 e. The summed E-state index contributed by atoms with van der Waals surface area (Å²) in [6.45, 7) is 3.63. The van der Waals surface area contributed by atoms with Gasteiger partial charge in [-0.25, -0.2) is 13.7 Å². The Morgan fingerprint density at radius 3 is 2.29 bits per heavy atom. The molecule has 0 spiro atoms. The summed E-state index contributed by atoms with van der Waals surface area (Å²) in [5.41, 5.74) is 5.77. The van der Waals surface area contributed by atoms with Crippen molar-refractivity contribution in [1.82, 2.24) is 4.72 Å². The molecule has 0 aromatic carbocycles. The molecule has 0 radical (unpaired) electrons. The molecule has 0 aromatic rings. The number of rotatable bonds is 3. The molecule has 1 aliphatic rings. The molecule has 0 saturated heterocycles. The minimum atomic E-state index is -2.61. The van der Waals surface area contributed by atoms with Crippen molar-refractivity contribution in [1.29, 1.82) is 4.78 Å². The lowest BCUT2D eigenvalue weighted by atomic mass is 9.93. The van der Waals surface area contributed by atoms with Crippen LogP contribution in [0.15, 0.2) is 0 Å². The summed E-state index contributed by atoms with van der Waals surface area (Å²) >= 11 is 0. The molecular weight excluding hydrogens is 198 g/mol. The van der Waals surface area contributed by atoms with Crippen molar-refractivity contribution < 1.29 is 4.21 Å². The van der Waals surface area contributed by atoms with Crippen molar-refractivity contribution in [3.05, 3.63) is 0 Å². The molecule has 4 N–H and O–H groups in total. The van der Waals surface area contributed by atoms with Crippen LogP contribution in [0.2, 0.25) is 0 Å². The van der Waals surface area contributed by atoms with E-state index in [1.165, 1.54) is 0 Å². The Morgan fingerprint density at radius 1 is 1.36 bits per heavy atom. The third-order valence-corrected chi connectivity index (χ3v) is 4.79. The van der Waals surface area contributed by atoms with Crippen LogP contribution in [0.25, 0.3) is 0 Å². The minimum Gasteiger partial charge on any atom is -0.328 e. The van der Waals surface area contributed by atoms with E-state index in [0.717, 1.165) is 25.7 Å². The van der Waals surface area contributed by atoms with Gasteiger partial charge in [-0.15, -0.1) is 0 Å². The molecule has 0 aromatic heterocycles. The average molecular weight is 219 g/mol. The van der Waals surface area contributed by atoms with E-state index in [4.69, 9.17) is 10.5 Å². The van der Waals surface area contributed by atoms with E-state index < -0.39 is 9.92 Å². The summed E-state index contributed by atoms with van der Waals surface area (Å²) < 4.78 is 22.4. The minimum absolute atomic E-state index is 0.127. The van der Waals surface area contributed by atoms with Gasteiger partial charge in [0.25, 0.3) is 0 Å². The van der Waals surface area contributed by atoms with E-state index in [0.29, 0.717) is 6.04 Å². The Hall–Kier alpha value is -0.130. The van der Waals surface area contributed by atoms with Crippen molar-refractivity contribution in [2.45, 2.75) is 56.9 Å². The second-order valence-corrected chi connectivity index (χ2v) is 6.76. The van der Waals surface area contributed by atoms with Gasteiger partial charge in [-0.3, -0.25) is 0 Å². The maximum Gasteiger partial charge on any atom is 0.107 e. The third-order valence-electron chi connectivity index (χ3n) is 2.78. The van der Waals surface area contributed by atoms with Gasteiger partial charge in [0.2, 0.25) is 0 Å². The first-order chi connectivity index (χ1) is 6.42. The highest BCUT2D eigenvalue weighted by Crippen LogP contribution is 2.18. The molecular formula is C9H21N3OS. The molecule has 0 amide bonds. The third kappa shape index (κ3) is 3.22. The van der Waals surface area contributed by atoms with Crippen LogP contribution in [-0.2, 0) is 9.92 Å². The van der Waals surface area contributed by atoms with Crippen LogP contribution in [0.4, 0.5) is 0 Å². The summed E-state index contributed by atoms with van der Waals surface area (Å²) in [7, 11) is -2.61. The van der Waals surface area contributed by atoms with Gasteiger partial charge in [0.05, 0.1) is 5.25 Å². The molecule has 84 valence electrons. The van der Waals surface area contributed by atoms with E-state index in [2.05, 4.69) is 4.72 Å². The maximum atomic E-state index is 11.8. The number of hydrogen-bond acceptors (Lipinski definition) is 3. The lowest BCUT2D eigenvalue weighted by Gasteiger charge is -2.28. The van der Waals surface area contributed by atoms with E-state index in [-0.39, 0.29) is 11.3 Å². The Balaban J connectivity index is 2.46. The molecule has 0 aliphatic heterocycles. The molecule has 5 heteroatoms. The quantitative estimate of drug-likeness (QED) is 0.667. The first-order valence-electron chi connectivity index (χ1n) is 5.22. The van der Waals surface area contributed by atoms with E-state index in [1.54, 1.807) is 0 Å². The van der Waals surface area contributed by atoms with Crippen LogP contribution in [0.3, 0.4) is 0 Å². The van der Waals surface area contributed by atoms with Gasteiger partial charge >= 0.3 is 0 Å². The zero-order chi connectivity index (χ0) is 10.8. The van der Waals surface area contributed by atoms with Crippen molar-refractivity contribution in [2.75, 3.05) is 0 Å². The Kier molecular flexibility index (Phi) is 3.92. The topological polar surface area (TPSA) is 79.0 Å². The molecule has 1 unspecified atom stereocenters. The molecule has 1 saturated carbocycles. The first kappa shape index (κ1) is 11.9. The molecule has 1 aliphatic carbocycles. The van der Waals surface area contributed by atoms with Crippen molar-refractivity contribution in [2.24, 2.45) is 5.73 Å². The predicted molar refractivity (Wildman–Crippen MR) is 59.4 cm³/mol. The van der Waals surface area contributed by atoms with Crippen LogP contribution >= 0.6 is 0 Å². The van der Waals surface area contributed by atoms with Crippen molar-refractivity contribution in [3.8, 4) is 0 Å². The van der Waals surface area contributed by atoms with E-state index in [1.807, 2.05) is 13.8 Å². The van der Waals surface area contributed by atoms with Crippen LogP contribution in [0, 0.1) is 4.78 Å². The molecule has 14 heavy (non-hydrogen) atoms. The van der Waals surface area contributed by atoms with Crippen LogP contribution < -0.4 is 10.5 Å². The average Bonchev–Trinajstić information content (AvgIpc) is 2.08. The Bertz CT molecular complexity index is 266. The van der Waals surface area contributed by atoms with Crippen LogP contribution in [0.1, 0.15) is 39.5 Å². The van der Waals surface area contributed by atoms with Gasteiger partial charge in [-0.05, 0) is 39.5 Å². The number of nitrogens with two attached hydrogens (primary N) is 1. The Morgan fingerprint density at radius 2 is 1.86 bits per heavy atom. The Labute approximate surface area is 86.7 Å². The fraction of sp³-hybridized carbons (Fsp3) is 1.00. The summed E-state index contributed by atoms with van der Waals surface area (Å²) in [5, 5.41) is -0.127. The van der Waals surface area contributed by atoms with Gasteiger partial charge in [0.15, 0.2) is 0 Å². The monoisotopic (exact) mass is 219 g/mol. The maximum absolute atomic E-state index is 11.8. The summed E-state index contributed by atoms with van der Waals surface area (Å²) in [6, 6.07) is 0.524. The molecule has 1 rings (SSSR count). The lowest BCUT2D eigenvalue weighted by Crippen LogP contribution is -2.42. The molecule has 0 heterocycles. The van der Waals surface area contributed by atoms with Crippen LogP contribution in [0.5, 0.6) is 0 Å². The summed E-state index contributed by atoms with van der Waals surface area (Å²) in [6.07, 6.45) is 3.85. The smallest absolute Gasteiger partial charge is 0.107 e. The molecule has 1 atom stereocenters. The zero-order valence-electron chi connectivity index (χ0n) is 8.95. The highest BCUT2D eigenvalue weighted by molar-refractivity contribution is 7.91. The molecule has 0 bridgehead atoms. The number of nitrogens with one attached hydrogen (secondary N) is 2. The van der Waals surface area contributed by atoms with E-state index in [9.17, 15) is 4.21 Å². The fourth-order valence-electron chi connectivity index (χ4n) is 1.62. The standard InChI is InChI=1S/C9H21N3OS/c1-7(2)14(11,13)12-9-5-3-8(10)4-6-9/h7-9H,3-6,10H2,1-2H3,(H2,11,12,13). The summed E-state index contributed by atoms with van der Waals surface area (Å²) in [5.74, 6) is 0. The van der Waals surface area contributed by atoms with Crippen LogP contribution in [-0.4, -0.2) is 21.5 Å². The highest BCUT2D eigenvalue weighted by Gasteiger charge is 2.22. The lowest BCUT2D eigenvalue weighted by molar-refractivity contribution is 0.376. The van der Waals surface area contributed by atoms with Crippen molar-refractivity contribution in [3.63, 3.8) is 0 Å². The van der Waals surface area contributed by atoms with Gasteiger partial charge in [-0.2, -0.15) is 0 Å². The molecule has 4 nitrogen and oxygen atoms in total. The zero-order valence-corrected chi connectivity index (χ0v) is 9.77.